The Balaban J connectivity index is 1.68. The first-order valence-electron chi connectivity index (χ1n) is 8.17. The number of aromatic nitrogens is 2. The maximum Gasteiger partial charge on any atom is 0.394 e. The van der Waals surface area contributed by atoms with Crippen LogP contribution in [-0.2, 0) is 11.3 Å². The van der Waals surface area contributed by atoms with E-state index in [2.05, 4.69) is 10.4 Å². The number of hydrogen-bond acceptors (Lipinski definition) is 3. The van der Waals surface area contributed by atoms with Crippen molar-refractivity contribution in [2.24, 2.45) is 11.8 Å². The Morgan fingerprint density at radius 2 is 1.96 bits per heavy atom. The fourth-order valence-electron chi connectivity index (χ4n) is 3.13. The molecule has 2 aromatic rings. The molecule has 7 nitrogen and oxygen atoms in total. The van der Waals surface area contributed by atoms with Gasteiger partial charge in [0.2, 0.25) is 0 Å². The van der Waals surface area contributed by atoms with Crippen LogP contribution in [0.15, 0.2) is 42.7 Å². The van der Waals surface area contributed by atoms with Crippen LogP contribution in [0.25, 0.3) is 5.69 Å². The number of carboxylic acid groups (broad SMARTS) is 1. The molecule has 1 aromatic carbocycles. The van der Waals surface area contributed by atoms with Gasteiger partial charge >= 0.3 is 18.2 Å². The van der Waals surface area contributed by atoms with Crippen LogP contribution >= 0.6 is 0 Å². The van der Waals surface area contributed by atoms with Crippen LogP contribution in [0.4, 0.5) is 18.0 Å². The van der Waals surface area contributed by atoms with Gasteiger partial charge in [0.25, 0.3) is 0 Å². The number of likely N-dealkylation sites (tertiary alicyclic amines) is 1. The molecule has 10 heteroatoms. The third-order valence-corrected chi connectivity index (χ3v) is 4.52. The molecule has 1 saturated heterocycles. The van der Waals surface area contributed by atoms with Crippen molar-refractivity contribution in [3.8, 4) is 5.69 Å². The van der Waals surface area contributed by atoms with E-state index in [1.165, 1.54) is 0 Å². The van der Waals surface area contributed by atoms with Crippen LogP contribution in [0.5, 0.6) is 0 Å². The number of nitrogens with one attached hydrogen (secondary N) is 1. The summed E-state index contributed by atoms with van der Waals surface area (Å²) in [6.07, 6.45) is -1.35. The molecule has 2 amide bonds. The number of urea groups is 1. The van der Waals surface area contributed by atoms with E-state index in [0.717, 1.165) is 16.2 Å². The number of aliphatic carboxylic acids is 1. The maximum absolute atomic E-state index is 13.0. The predicted octanol–water partition coefficient (Wildman–Crippen LogP) is 2.28. The molecule has 3 rings (SSSR count). The Morgan fingerprint density at radius 3 is 2.56 bits per heavy atom. The Morgan fingerprint density at radius 1 is 1.22 bits per heavy atom. The zero-order valence-corrected chi connectivity index (χ0v) is 14.1. The number of carbonyl (C=O) groups excluding carboxylic acids is 1. The lowest BCUT2D eigenvalue weighted by atomic mass is 9.96. The first-order valence-corrected chi connectivity index (χ1v) is 8.17. The molecular formula is C17H17F3N4O3. The summed E-state index contributed by atoms with van der Waals surface area (Å²) in [6.45, 7) is -1.08. The number of nitrogens with zero attached hydrogens (tertiary/aromatic N) is 3. The molecule has 0 radical (unpaired) electrons. The Bertz CT molecular complexity index is 823. The smallest absolute Gasteiger partial charge is 0.394 e. The molecule has 144 valence electrons. The van der Waals surface area contributed by atoms with E-state index in [1.807, 2.05) is 0 Å². The van der Waals surface area contributed by atoms with Crippen molar-refractivity contribution < 1.29 is 27.9 Å². The van der Waals surface area contributed by atoms with Gasteiger partial charge in [0.05, 0.1) is 17.5 Å². The average Bonchev–Trinajstić information content (AvgIpc) is 3.29. The third kappa shape index (κ3) is 4.04. The molecule has 2 atom stereocenters. The second-order valence-electron chi connectivity index (χ2n) is 6.24. The summed E-state index contributed by atoms with van der Waals surface area (Å²) in [4.78, 5) is 24.3. The van der Waals surface area contributed by atoms with E-state index in [4.69, 9.17) is 5.11 Å². The van der Waals surface area contributed by atoms with Gasteiger partial charge in [-0.25, -0.2) is 9.48 Å². The van der Waals surface area contributed by atoms with Gasteiger partial charge in [0, 0.05) is 32.0 Å². The van der Waals surface area contributed by atoms with Gasteiger partial charge in [0.1, 0.15) is 0 Å². The summed E-state index contributed by atoms with van der Waals surface area (Å²) in [7, 11) is 0. The standard InChI is InChI=1S/C17H17F3N4O3/c18-17(19,20)13-10-23(9-12(13)15(25)26)16(27)21-8-11-4-1-2-5-14(11)24-7-3-6-22-24/h1-7,12-13H,8-10H2,(H,21,27)(H,25,26)/t12-,13-/m1/s1. The van der Waals surface area contributed by atoms with E-state index in [1.54, 1.807) is 47.4 Å². The maximum atomic E-state index is 13.0. The SMILES string of the molecule is O=C(O)[C@@H]1CN(C(=O)NCc2ccccc2-n2cccn2)C[C@H]1C(F)(F)F. The molecular weight excluding hydrogens is 365 g/mol. The molecule has 0 bridgehead atoms. The highest BCUT2D eigenvalue weighted by Crippen LogP contribution is 2.37. The number of benzene rings is 1. The van der Waals surface area contributed by atoms with Crippen LogP contribution in [0, 0.1) is 11.8 Å². The predicted molar refractivity (Wildman–Crippen MR) is 88.0 cm³/mol. The molecule has 2 N–H and O–H groups in total. The summed E-state index contributed by atoms with van der Waals surface area (Å²) in [6, 6.07) is 8.13. The van der Waals surface area contributed by atoms with Crippen LogP contribution in [-0.4, -0.2) is 51.1 Å². The number of rotatable bonds is 4. The normalized spacial score (nSPS) is 19.9. The highest BCUT2D eigenvalue weighted by Gasteiger charge is 2.53. The van der Waals surface area contributed by atoms with Crippen LogP contribution in [0.1, 0.15) is 5.56 Å². The minimum absolute atomic E-state index is 0.0692. The quantitative estimate of drug-likeness (QED) is 0.849. The summed E-state index contributed by atoms with van der Waals surface area (Å²) in [5.41, 5.74) is 1.44. The monoisotopic (exact) mass is 382 g/mol. The van der Waals surface area contributed by atoms with Crippen LogP contribution in [0.2, 0.25) is 0 Å². The van der Waals surface area contributed by atoms with Crippen molar-refractivity contribution in [2.45, 2.75) is 12.7 Å². The van der Waals surface area contributed by atoms with E-state index in [-0.39, 0.29) is 6.54 Å². The summed E-state index contributed by atoms with van der Waals surface area (Å²) in [5.74, 6) is -5.29. The van der Waals surface area contributed by atoms with Gasteiger partial charge in [-0.1, -0.05) is 18.2 Å². The largest absolute Gasteiger partial charge is 0.481 e. The number of para-hydroxylation sites is 1. The van der Waals surface area contributed by atoms with Gasteiger partial charge < -0.3 is 15.3 Å². The van der Waals surface area contributed by atoms with E-state index < -0.39 is 43.1 Å². The Kier molecular flexibility index (Phi) is 5.06. The third-order valence-electron chi connectivity index (χ3n) is 4.52. The van der Waals surface area contributed by atoms with Crippen molar-refractivity contribution in [2.75, 3.05) is 13.1 Å². The minimum Gasteiger partial charge on any atom is -0.481 e. The van der Waals surface area contributed by atoms with E-state index >= 15 is 0 Å². The van der Waals surface area contributed by atoms with Crippen LogP contribution < -0.4 is 5.32 Å². The molecule has 1 aromatic heterocycles. The summed E-state index contributed by atoms with van der Waals surface area (Å²) < 4.78 is 40.7. The minimum atomic E-state index is -4.68. The lowest BCUT2D eigenvalue weighted by molar-refractivity contribution is -0.187. The van der Waals surface area contributed by atoms with E-state index in [0.29, 0.717) is 0 Å². The van der Waals surface area contributed by atoms with Gasteiger partial charge in [0.15, 0.2) is 0 Å². The number of hydrogen-bond donors (Lipinski definition) is 2. The number of amides is 2. The Labute approximate surface area is 152 Å². The first-order chi connectivity index (χ1) is 12.8. The molecule has 0 spiro atoms. The first kappa shape index (κ1) is 18.7. The highest BCUT2D eigenvalue weighted by molar-refractivity contribution is 5.77. The van der Waals surface area contributed by atoms with Crippen molar-refractivity contribution in [3.05, 3.63) is 48.3 Å². The van der Waals surface area contributed by atoms with E-state index in [9.17, 15) is 22.8 Å². The van der Waals surface area contributed by atoms with Crippen molar-refractivity contribution in [1.29, 1.82) is 0 Å². The van der Waals surface area contributed by atoms with Crippen molar-refractivity contribution >= 4 is 12.0 Å². The second kappa shape index (κ2) is 7.29. The fraction of sp³-hybridized carbons (Fsp3) is 0.353. The zero-order valence-electron chi connectivity index (χ0n) is 14.1. The average molecular weight is 382 g/mol. The zero-order chi connectivity index (χ0) is 19.6. The molecule has 0 saturated carbocycles. The van der Waals surface area contributed by atoms with Gasteiger partial charge in [-0.15, -0.1) is 0 Å². The van der Waals surface area contributed by atoms with Gasteiger partial charge in [-0.05, 0) is 17.7 Å². The summed E-state index contributed by atoms with van der Waals surface area (Å²) >= 11 is 0. The molecule has 1 fully saturated rings. The molecule has 1 aliphatic rings. The molecule has 1 aliphatic heterocycles. The molecule has 0 unspecified atom stereocenters. The Hall–Kier alpha value is -3.04. The second-order valence-corrected chi connectivity index (χ2v) is 6.24. The number of carboxylic acids is 1. The van der Waals surface area contributed by atoms with Crippen molar-refractivity contribution in [1.82, 2.24) is 20.0 Å². The molecule has 27 heavy (non-hydrogen) atoms. The fourth-order valence-corrected chi connectivity index (χ4v) is 3.13. The summed E-state index contributed by atoms with van der Waals surface area (Å²) in [5, 5.41) is 15.7. The van der Waals surface area contributed by atoms with Gasteiger partial charge in [-0.2, -0.15) is 18.3 Å². The topological polar surface area (TPSA) is 87.5 Å². The lowest BCUT2D eigenvalue weighted by Crippen LogP contribution is -2.39. The van der Waals surface area contributed by atoms with Gasteiger partial charge in [-0.3, -0.25) is 4.79 Å². The molecule has 2 heterocycles. The lowest BCUT2D eigenvalue weighted by Gasteiger charge is -2.19. The number of carbonyl (C=O) groups is 2. The number of alkyl halides is 3. The van der Waals surface area contributed by atoms with Crippen LogP contribution in [0.3, 0.4) is 0 Å². The number of halogens is 3. The highest BCUT2D eigenvalue weighted by atomic mass is 19.4. The molecule has 0 aliphatic carbocycles. The van der Waals surface area contributed by atoms with Crippen molar-refractivity contribution in [3.63, 3.8) is 0 Å².